The Balaban J connectivity index is 1.25. The van der Waals surface area contributed by atoms with E-state index in [9.17, 15) is 25.1 Å². The molecule has 348 valence electrons. The monoisotopic (exact) mass is 923 g/mol. The molecule has 12 nitrogen and oxygen atoms in total. The number of non-ortho nitro benzene ring substituents is 1. The van der Waals surface area contributed by atoms with Crippen LogP contribution in [0.3, 0.4) is 0 Å². The van der Waals surface area contributed by atoms with Crippen molar-refractivity contribution in [2.24, 2.45) is 22.9 Å². The smallest absolute Gasteiger partial charge is 0.269 e. The largest absolute Gasteiger partial charge is 0.460 e. The van der Waals surface area contributed by atoms with E-state index in [1.54, 1.807) is 30.0 Å². The van der Waals surface area contributed by atoms with Crippen molar-refractivity contribution in [3.63, 3.8) is 0 Å². The molecular formula is C54H57N3O9S. The van der Waals surface area contributed by atoms with Gasteiger partial charge in [0.05, 0.1) is 28.4 Å². The highest BCUT2D eigenvalue weighted by Gasteiger charge is 2.64. The van der Waals surface area contributed by atoms with E-state index in [-0.39, 0.29) is 66.9 Å². The number of unbranched alkanes of at least 4 members (excludes halogenated alkanes) is 2. The van der Waals surface area contributed by atoms with E-state index >= 15 is 0 Å². The number of aliphatic hydroxyl groups is 2. The van der Waals surface area contributed by atoms with Crippen LogP contribution in [0.1, 0.15) is 68.9 Å². The maximum atomic E-state index is 11.9. The lowest BCUT2D eigenvalue weighted by Crippen LogP contribution is -2.64. The number of carbonyl (C=O) groups is 1. The molecule has 1 amide bonds. The molecule has 8 rings (SSSR count). The molecule has 3 N–H and O–H groups in total. The van der Waals surface area contributed by atoms with Crippen molar-refractivity contribution in [2.45, 2.75) is 80.3 Å². The number of aliphatic hydroxyl groups excluding tert-OH is 2. The maximum absolute atomic E-state index is 11.9. The van der Waals surface area contributed by atoms with E-state index in [0.717, 1.165) is 64.1 Å². The standard InChI is InChI=1S/C54H57N3O9S/c1-3-31-63-54-51(67-45-26-19-41(20-27-45)55-36(2)60)34-49(56-64-35-37-15-21-42(22-16-37)57(61)62)47-32-40(13-7-9-29-58)46(14-8-10-30-59)52(53(47)54)48-33-44(25-28-50(48)66-54)65-43-23-17-39(18-24-43)38-11-5-4-6-12-38/h3-6,11-12,15-28,32-33,40,46,51-53,58-59H,1,7-10,13-14,29-31,34-35H2,2H3,(H,55,60)/t40-,46+,51-,52+,53+,54+/m0/s1. The lowest BCUT2D eigenvalue weighted by atomic mass is 9.56. The molecule has 0 saturated heterocycles. The second-order valence-electron chi connectivity index (χ2n) is 17.3. The number of amides is 1. The second-order valence-corrected chi connectivity index (χ2v) is 18.5. The second kappa shape index (κ2) is 22.0. The number of rotatable bonds is 21. The molecule has 67 heavy (non-hydrogen) atoms. The van der Waals surface area contributed by atoms with Gasteiger partial charge in [-0.15, -0.1) is 18.3 Å². The van der Waals surface area contributed by atoms with Crippen molar-refractivity contribution < 1.29 is 39.0 Å². The van der Waals surface area contributed by atoms with Crippen molar-refractivity contribution in [1.82, 2.24) is 0 Å². The van der Waals surface area contributed by atoms with E-state index in [2.05, 4.69) is 48.3 Å². The summed E-state index contributed by atoms with van der Waals surface area (Å²) in [6.07, 6.45) is 9.09. The first-order valence-electron chi connectivity index (χ1n) is 23.0. The number of nitrogens with zero attached hydrogens (tertiary/aromatic N) is 2. The first-order valence-corrected chi connectivity index (χ1v) is 23.9. The van der Waals surface area contributed by atoms with Gasteiger partial charge in [0.15, 0.2) is 0 Å². The van der Waals surface area contributed by atoms with E-state index in [0.29, 0.717) is 42.2 Å². The molecule has 5 aromatic rings. The fourth-order valence-electron chi connectivity index (χ4n) is 9.85. The number of benzene rings is 5. The number of nitro benzene ring substituents is 1. The van der Waals surface area contributed by atoms with Gasteiger partial charge in [-0.25, -0.2) is 0 Å². The number of nitrogens with one attached hydrogen (secondary N) is 1. The molecule has 13 heteroatoms. The first kappa shape index (κ1) is 47.3. The number of hydrogen-bond acceptors (Lipinski definition) is 11. The lowest BCUT2D eigenvalue weighted by molar-refractivity contribution is -0.384. The van der Waals surface area contributed by atoms with Crippen LogP contribution in [-0.4, -0.2) is 57.6 Å². The number of nitro groups is 1. The summed E-state index contributed by atoms with van der Waals surface area (Å²) in [5.74, 6) is 0.274. The molecule has 3 aliphatic rings. The van der Waals surface area contributed by atoms with Crippen LogP contribution in [-0.2, 0) is 21.0 Å². The zero-order valence-electron chi connectivity index (χ0n) is 37.6. The SMILES string of the molecule is C=CCO[C@@]12Oc3ccc(Oc4ccc(-c5ccccc5)cc4)cc3[C@H]3[C@H](CCCCO)[C@@H](CCCCO)C=C(C(=NOCc4ccc([N+](=O)[O-])cc4)C[C@@H]1Sc1ccc(NC(C)=O)cc1)[C@H]32. The molecule has 0 unspecified atom stereocenters. The van der Waals surface area contributed by atoms with Crippen LogP contribution in [0.5, 0.6) is 17.2 Å². The highest BCUT2D eigenvalue weighted by atomic mass is 32.2. The van der Waals surface area contributed by atoms with Gasteiger partial charge in [0.2, 0.25) is 11.7 Å². The number of fused-ring (bicyclic) bond motifs is 2. The Kier molecular flexibility index (Phi) is 15.5. The minimum atomic E-state index is -1.23. The van der Waals surface area contributed by atoms with Gasteiger partial charge in [0.25, 0.3) is 5.69 Å². The van der Waals surface area contributed by atoms with Gasteiger partial charge in [0.1, 0.15) is 23.9 Å². The molecule has 0 radical (unpaired) electrons. The summed E-state index contributed by atoms with van der Waals surface area (Å²) in [5.41, 5.74) is 6.33. The third-order valence-electron chi connectivity index (χ3n) is 12.8. The van der Waals surface area contributed by atoms with E-state index in [1.807, 2.05) is 66.7 Å². The molecule has 1 heterocycles. The number of allylic oxidation sites excluding steroid dienone is 1. The molecule has 1 fully saturated rings. The third kappa shape index (κ3) is 11.0. The number of hydrogen-bond donors (Lipinski definition) is 3. The Hall–Kier alpha value is -6.25. The van der Waals surface area contributed by atoms with Gasteiger partial charge in [-0.05, 0) is 127 Å². The summed E-state index contributed by atoms with van der Waals surface area (Å²) < 4.78 is 21.1. The minimum absolute atomic E-state index is 0.00512. The summed E-state index contributed by atoms with van der Waals surface area (Å²) in [6.45, 7) is 6.03. The zero-order chi connectivity index (χ0) is 46.8. The molecule has 2 aliphatic carbocycles. The van der Waals surface area contributed by atoms with Crippen molar-refractivity contribution >= 4 is 34.8 Å². The van der Waals surface area contributed by atoms with Gasteiger partial charge < -0.3 is 34.6 Å². The maximum Gasteiger partial charge on any atom is 0.269 e. The topological polar surface area (TPSA) is 162 Å². The van der Waals surface area contributed by atoms with Crippen LogP contribution in [0.2, 0.25) is 0 Å². The van der Waals surface area contributed by atoms with Gasteiger partial charge >= 0.3 is 0 Å². The third-order valence-corrected chi connectivity index (χ3v) is 14.1. The molecule has 1 saturated carbocycles. The van der Waals surface area contributed by atoms with Crippen LogP contribution < -0.4 is 14.8 Å². The van der Waals surface area contributed by atoms with E-state index in [1.165, 1.54) is 19.1 Å². The Bertz CT molecular complexity index is 2550. The van der Waals surface area contributed by atoms with Crippen LogP contribution in [0, 0.1) is 27.9 Å². The number of thioether (sulfide) groups is 1. The van der Waals surface area contributed by atoms with Gasteiger partial charge in [-0.1, -0.05) is 72.6 Å². The molecule has 6 atom stereocenters. The normalized spacial score (nSPS) is 22.1. The summed E-state index contributed by atoms with van der Waals surface area (Å²) in [5, 5.41) is 38.7. The quantitative estimate of drug-likeness (QED) is 0.0279. The Morgan fingerprint density at radius 1 is 0.910 bits per heavy atom. The summed E-state index contributed by atoms with van der Waals surface area (Å²) >= 11 is 1.61. The van der Waals surface area contributed by atoms with Crippen LogP contribution >= 0.6 is 11.8 Å². The summed E-state index contributed by atoms with van der Waals surface area (Å²) in [6, 6.07) is 38.3. The molecule has 0 spiro atoms. The number of oxime groups is 1. The molecule has 5 aromatic carbocycles. The predicted molar refractivity (Wildman–Crippen MR) is 261 cm³/mol. The Labute approximate surface area is 395 Å². The summed E-state index contributed by atoms with van der Waals surface area (Å²) in [4.78, 5) is 30.0. The average molecular weight is 924 g/mol. The average Bonchev–Trinajstić information content (AvgIpc) is 3.34. The number of carbonyl (C=O) groups excluding carboxylic acids is 1. The van der Waals surface area contributed by atoms with Gasteiger partial charge in [-0.2, -0.15) is 0 Å². The van der Waals surface area contributed by atoms with Gasteiger partial charge in [-0.3, -0.25) is 14.9 Å². The van der Waals surface area contributed by atoms with Crippen LogP contribution in [0.25, 0.3) is 11.1 Å². The zero-order valence-corrected chi connectivity index (χ0v) is 38.4. The fraction of sp³-hybridized carbons (Fsp3) is 0.333. The number of anilines is 1. The Morgan fingerprint density at radius 2 is 1.61 bits per heavy atom. The molecule has 0 aromatic heterocycles. The van der Waals surface area contributed by atoms with Crippen LogP contribution in [0.4, 0.5) is 11.4 Å². The van der Waals surface area contributed by atoms with Crippen molar-refractivity contribution in [3.8, 4) is 28.4 Å². The van der Waals surface area contributed by atoms with Crippen molar-refractivity contribution in [2.75, 3.05) is 25.1 Å². The Morgan fingerprint density at radius 3 is 2.30 bits per heavy atom. The molecule has 0 bridgehead atoms. The van der Waals surface area contributed by atoms with E-state index < -0.39 is 10.7 Å². The highest BCUT2D eigenvalue weighted by Crippen LogP contribution is 2.63. The van der Waals surface area contributed by atoms with Crippen molar-refractivity contribution in [1.29, 1.82) is 0 Å². The minimum Gasteiger partial charge on any atom is -0.460 e. The first-order chi connectivity index (χ1) is 32.7. The molecule has 1 aliphatic heterocycles. The van der Waals surface area contributed by atoms with Crippen LogP contribution in [0.15, 0.2) is 156 Å². The fourth-order valence-corrected chi connectivity index (χ4v) is 11.1. The molecular weight excluding hydrogens is 867 g/mol. The lowest BCUT2D eigenvalue weighted by Gasteiger charge is -2.58. The van der Waals surface area contributed by atoms with Gasteiger partial charge in [0, 0.05) is 60.8 Å². The summed E-state index contributed by atoms with van der Waals surface area (Å²) in [7, 11) is 0. The van der Waals surface area contributed by atoms with Crippen molar-refractivity contribution in [3.05, 3.63) is 167 Å². The van der Waals surface area contributed by atoms with E-state index in [4.69, 9.17) is 24.2 Å². The predicted octanol–water partition coefficient (Wildman–Crippen LogP) is 11.6. The highest BCUT2D eigenvalue weighted by molar-refractivity contribution is 8.00. The number of ether oxygens (including phenoxy) is 3.